The van der Waals surface area contributed by atoms with Gasteiger partial charge in [-0.3, -0.25) is 4.68 Å². The summed E-state index contributed by atoms with van der Waals surface area (Å²) in [5.41, 5.74) is -0.106. The van der Waals surface area contributed by atoms with Crippen LogP contribution in [0.2, 0.25) is 0 Å². The standard InChI is InChI=1S/C17H22F3N5O/c1-11(2)14(15-21-10-22-25(15)4)23-16(26)24(3)9-12-5-7-13(8-6-12)17(18,19)20/h5-8,10-11,14H,9H2,1-4H3,(H,23,26)/t14-/m1/s1. The summed E-state index contributed by atoms with van der Waals surface area (Å²) in [7, 11) is 3.33. The minimum absolute atomic E-state index is 0.0846. The van der Waals surface area contributed by atoms with Crippen molar-refractivity contribution in [2.45, 2.75) is 32.6 Å². The van der Waals surface area contributed by atoms with Gasteiger partial charge in [0.1, 0.15) is 12.2 Å². The molecule has 0 bridgehead atoms. The van der Waals surface area contributed by atoms with Crippen molar-refractivity contribution in [1.29, 1.82) is 0 Å². The largest absolute Gasteiger partial charge is 0.416 e. The maximum Gasteiger partial charge on any atom is 0.416 e. The second kappa shape index (κ2) is 7.76. The van der Waals surface area contributed by atoms with Crippen LogP contribution in [0.3, 0.4) is 0 Å². The molecule has 2 aromatic rings. The van der Waals surface area contributed by atoms with E-state index in [2.05, 4.69) is 15.4 Å². The Kier molecular flexibility index (Phi) is 5.89. The van der Waals surface area contributed by atoms with E-state index < -0.39 is 11.7 Å². The first-order chi connectivity index (χ1) is 12.1. The summed E-state index contributed by atoms with van der Waals surface area (Å²) in [4.78, 5) is 18.1. The summed E-state index contributed by atoms with van der Waals surface area (Å²) in [6.07, 6.45) is -2.95. The number of aryl methyl sites for hydroxylation is 1. The van der Waals surface area contributed by atoms with Gasteiger partial charge in [0.15, 0.2) is 0 Å². The third-order valence-electron chi connectivity index (χ3n) is 4.02. The SMILES string of the molecule is CC(C)[C@@H](NC(=O)N(C)Cc1ccc(C(F)(F)F)cc1)c1ncnn1C. The number of urea groups is 1. The Balaban J connectivity index is 2.03. The molecule has 6 nitrogen and oxygen atoms in total. The van der Waals surface area contributed by atoms with E-state index in [9.17, 15) is 18.0 Å². The fraction of sp³-hybridized carbons (Fsp3) is 0.471. The highest BCUT2D eigenvalue weighted by Gasteiger charge is 2.30. The fourth-order valence-corrected chi connectivity index (χ4v) is 2.50. The molecule has 0 saturated carbocycles. The highest BCUT2D eigenvalue weighted by Crippen LogP contribution is 2.29. The molecule has 0 fully saturated rings. The molecular formula is C17H22F3N5O. The molecule has 0 unspecified atom stereocenters. The maximum atomic E-state index is 12.6. The molecule has 0 aliphatic carbocycles. The molecule has 2 rings (SSSR count). The first kappa shape index (κ1) is 19.7. The van der Waals surface area contributed by atoms with Crippen LogP contribution in [0.25, 0.3) is 0 Å². The second-order valence-corrected chi connectivity index (χ2v) is 6.46. The van der Waals surface area contributed by atoms with Gasteiger partial charge in [0.2, 0.25) is 0 Å². The molecule has 26 heavy (non-hydrogen) atoms. The minimum Gasteiger partial charge on any atom is -0.328 e. The number of alkyl halides is 3. The number of nitrogens with one attached hydrogen (secondary N) is 1. The zero-order chi connectivity index (χ0) is 19.5. The molecule has 1 aromatic heterocycles. The van der Waals surface area contributed by atoms with Gasteiger partial charge in [0.25, 0.3) is 0 Å². The molecule has 0 saturated heterocycles. The van der Waals surface area contributed by atoms with Crippen LogP contribution in [0.4, 0.5) is 18.0 Å². The van der Waals surface area contributed by atoms with E-state index in [1.807, 2.05) is 13.8 Å². The Morgan fingerprint density at radius 3 is 2.35 bits per heavy atom. The van der Waals surface area contributed by atoms with Crippen molar-refractivity contribution in [1.82, 2.24) is 25.0 Å². The summed E-state index contributed by atoms with van der Waals surface area (Å²) >= 11 is 0. The second-order valence-electron chi connectivity index (χ2n) is 6.46. The number of amides is 2. The zero-order valence-corrected chi connectivity index (χ0v) is 15.1. The van der Waals surface area contributed by atoms with Crippen molar-refractivity contribution in [3.05, 3.63) is 47.5 Å². The molecule has 1 aromatic carbocycles. The highest BCUT2D eigenvalue weighted by atomic mass is 19.4. The van der Waals surface area contributed by atoms with Crippen molar-refractivity contribution in [3.8, 4) is 0 Å². The number of carbonyl (C=O) groups excluding carboxylic acids is 1. The van der Waals surface area contributed by atoms with Crippen molar-refractivity contribution < 1.29 is 18.0 Å². The predicted octanol–water partition coefficient (Wildman–Crippen LogP) is 3.37. The summed E-state index contributed by atoms with van der Waals surface area (Å²) in [5, 5.41) is 6.92. The molecule has 0 aliphatic heterocycles. The van der Waals surface area contributed by atoms with Gasteiger partial charge in [-0.25, -0.2) is 9.78 Å². The molecule has 1 heterocycles. The normalized spacial score (nSPS) is 12.9. The van der Waals surface area contributed by atoms with Gasteiger partial charge < -0.3 is 10.2 Å². The average molecular weight is 369 g/mol. The van der Waals surface area contributed by atoms with Gasteiger partial charge in [0.05, 0.1) is 11.6 Å². The Morgan fingerprint density at radius 2 is 1.88 bits per heavy atom. The number of nitrogens with zero attached hydrogens (tertiary/aromatic N) is 4. The van der Waals surface area contributed by atoms with Gasteiger partial charge in [0, 0.05) is 20.6 Å². The first-order valence-electron chi connectivity index (χ1n) is 8.11. The lowest BCUT2D eigenvalue weighted by Crippen LogP contribution is -2.41. The number of hydrogen-bond acceptors (Lipinski definition) is 3. The molecular weight excluding hydrogens is 347 g/mol. The Morgan fingerprint density at radius 1 is 1.27 bits per heavy atom. The Labute approximate surface area is 150 Å². The number of halogens is 3. The number of benzene rings is 1. The van der Waals surface area contributed by atoms with E-state index in [0.29, 0.717) is 11.4 Å². The summed E-state index contributed by atoms with van der Waals surface area (Å²) in [6, 6.07) is 4.09. The monoisotopic (exact) mass is 369 g/mol. The Hall–Kier alpha value is -2.58. The Bertz CT molecular complexity index is 740. The molecule has 1 atom stereocenters. The fourth-order valence-electron chi connectivity index (χ4n) is 2.50. The van der Waals surface area contributed by atoms with Crippen LogP contribution in [-0.2, 0) is 19.8 Å². The van der Waals surface area contributed by atoms with Crippen LogP contribution in [-0.4, -0.2) is 32.7 Å². The lowest BCUT2D eigenvalue weighted by Gasteiger charge is -2.25. The van der Waals surface area contributed by atoms with E-state index in [1.165, 1.54) is 23.4 Å². The van der Waals surface area contributed by atoms with Crippen LogP contribution in [0.5, 0.6) is 0 Å². The number of rotatable bonds is 5. The third kappa shape index (κ3) is 4.74. The van der Waals surface area contributed by atoms with Crippen molar-refractivity contribution >= 4 is 6.03 Å². The van der Waals surface area contributed by atoms with Gasteiger partial charge in [-0.2, -0.15) is 18.3 Å². The average Bonchev–Trinajstić information content (AvgIpc) is 2.97. The molecule has 142 valence electrons. The van der Waals surface area contributed by atoms with Crippen LogP contribution < -0.4 is 5.32 Å². The van der Waals surface area contributed by atoms with Crippen LogP contribution in [0, 0.1) is 5.92 Å². The van der Waals surface area contributed by atoms with E-state index in [1.54, 1.807) is 18.8 Å². The quantitative estimate of drug-likeness (QED) is 0.879. The number of carbonyl (C=O) groups is 1. The van der Waals surface area contributed by atoms with Gasteiger partial charge in [-0.1, -0.05) is 26.0 Å². The summed E-state index contributed by atoms with van der Waals surface area (Å²) < 4.78 is 39.4. The van der Waals surface area contributed by atoms with Crippen molar-refractivity contribution in [2.75, 3.05) is 7.05 Å². The van der Waals surface area contributed by atoms with E-state index >= 15 is 0 Å². The van der Waals surface area contributed by atoms with Crippen LogP contribution >= 0.6 is 0 Å². The lowest BCUT2D eigenvalue weighted by atomic mass is 10.0. The van der Waals surface area contributed by atoms with Crippen LogP contribution in [0.15, 0.2) is 30.6 Å². The number of aromatic nitrogens is 3. The summed E-state index contributed by atoms with van der Waals surface area (Å²) in [5.74, 6) is 0.720. The highest BCUT2D eigenvalue weighted by molar-refractivity contribution is 5.74. The van der Waals surface area contributed by atoms with E-state index in [4.69, 9.17) is 0 Å². The number of hydrogen-bond donors (Lipinski definition) is 1. The maximum absolute atomic E-state index is 12.6. The van der Waals surface area contributed by atoms with E-state index in [0.717, 1.165) is 12.1 Å². The van der Waals surface area contributed by atoms with Crippen LogP contribution in [0.1, 0.15) is 36.8 Å². The topological polar surface area (TPSA) is 63.1 Å². The summed E-state index contributed by atoms with van der Waals surface area (Å²) in [6.45, 7) is 4.10. The third-order valence-corrected chi connectivity index (χ3v) is 4.02. The van der Waals surface area contributed by atoms with Gasteiger partial charge in [-0.15, -0.1) is 0 Å². The molecule has 2 amide bonds. The molecule has 1 N–H and O–H groups in total. The van der Waals surface area contributed by atoms with Gasteiger partial charge in [-0.05, 0) is 23.6 Å². The van der Waals surface area contributed by atoms with Gasteiger partial charge >= 0.3 is 12.2 Å². The van der Waals surface area contributed by atoms with Crippen molar-refractivity contribution in [3.63, 3.8) is 0 Å². The minimum atomic E-state index is -4.37. The van der Waals surface area contributed by atoms with E-state index in [-0.39, 0.29) is 24.5 Å². The zero-order valence-electron chi connectivity index (χ0n) is 15.1. The predicted molar refractivity (Wildman–Crippen MR) is 90.0 cm³/mol. The molecule has 9 heteroatoms. The van der Waals surface area contributed by atoms with Crippen molar-refractivity contribution in [2.24, 2.45) is 13.0 Å². The molecule has 0 aliphatic rings. The molecule has 0 spiro atoms. The smallest absolute Gasteiger partial charge is 0.328 e. The molecule has 0 radical (unpaired) electrons. The first-order valence-corrected chi connectivity index (χ1v) is 8.11. The lowest BCUT2D eigenvalue weighted by molar-refractivity contribution is -0.137.